The molecule has 1 atom stereocenters. The summed E-state index contributed by atoms with van der Waals surface area (Å²) in [6.45, 7) is 7.66. The van der Waals surface area contributed by atoms with Crippen LogP contribution in [0.3, 0.4) is 0 Å². The molecule has 152 valence electrons. The van der Waals surface area contributed by atoms with Gasteiger partial charge in [-0.1, -0.05) is 35.9 Å². The third kappa shape index (κ3) is 3.84. The van der Waals surface area contributed by atoms with Gasteiger partial charge in [-0.05, 0) is 43.2 Å². The maximum atomic E-state index is 13.1. The van der Waals surface area contributed by atoms with Crippen LogP contribution in [0.5, 0.6) is 0 Å². The number of carbonyl (C=O) groups excluding carboxylic acids is 2. The molecule has 0 N–H and O–H groups in total. The fraction of sp³-hybridized carbons (Fsp3) is 0.391. The van der Waals surface area contributed by atoms with Gasteiger partial charge in [-0.15, -0.1) is 0 Å². The van der Waals surface area contributed by atoms with Crippen molar-refractivity contribution in [3.8, 4) is 0 Å². The topological polar surface area (TPSA) is 43.9 Å². The van der Waals surface area contributed by atoms with E-state index in [2.05, 4.69) is 36.9 Å². The zero-order valence-corrected chi connectivity index (χ0v) is 17.7. The van der Waals surface area contributed by atoms with Crippen LogP contribution in [0, 0.1) is 19.8 Å². The Balaban J connectivity index is 1.40. The zero-order chi connectivity index (χ0) is 20.5. The van der Waals surface area contributed by atoms with Crippen molar-refractivity contribution >= 4 is 34.8 Å². The van der Waals surface area contributed by atoms with E-state index in [9.17, 15) is 9.59 Å². The average Bonchev–Trinajstić information content (AvgIpc) is 3.11. The van der Waals surface area contributed by atoms with Gasteiger partial charge in [0.05, 0.1) is 16.6 Å². The molecule has 0 aliphatic carbocycles. The van der Waals surface area contributed by atoms with E-state index in [1.807, 2.05) is 23.1 Å². The third-order valence-corrected chi connectivity index (χ3v) is 6.45. The van der Waals surface area contributed by atoms with Crippen LogP contribution in [0.25, 0.3) is 0 Å². The van der Waals surface area contributed by atoms with Gasteiger partial charge in [-0.3, -0.25) is 9.59 Å². The molecule has 2 heterocycles. The van der Waals surface area contributed by atoms with Gasteiger partial charge < -0.3 is 14.7 Å². The number of piperazine rings is 1. The molecule has 0 aromatic heterocycles. The van der Waals surface area contributed by atoms with E-state index in [0.717, 1.165) is 13.1 Å². The quantitative estimate of drug-likeness (QED) is 0.774. The number of benzene rings is 2. The Kier molecular flexibility index (Phi) is 5.50. The van der Waals surface area contributed by atoms with E-state index in [4.69, 9.17) is 11.6 Å². The molecule has 0 saturated carbocycles. The summed E-state index contributed by atoms with van der Waals surface area (Å²) in [7, 11) is 0. The van der Waals surface area contributed by atoms with E-state index in [0.29, 0.717) is 30.3 Å². The highest BCUT2D eigenvalue weighted by molar-refractivity contribution is 6.33. The highest BCUT2D eigenvalue weighted by Gasteiger charge is 2.38. The predicted molar refractivity (Wildman–Crippen MR) is 117 cm³/mol. The number of halogens is 1. The molecule has 6 heteroatoms. The molecule has 2 fully saturated rings. The SMILES string of the molecule is Cc1cccc(N2CCN(C(=O)C3CC(=O)N(c4ccccc4Cl)C3)CC2)c1C. The Morgan fingerprint density at radius 2 is 1.66 bits per heavy atom. The summed E-state index contributed by atoms with van der Waals surface area (Å²) >= 11 is 6.25. The molecule has 29 heavy (non-hydrogen) atoms. The van der Waals surface area contributed by atoms with Crippen LogP contribution in [-0.4, -0.2) is 49.4 Å². The Morgan fingerprint density at radius 3 is 2.38 bits per heavy atom. The predicted octanol–water partition coefficient (Wildman–Crippen LogP) is 3.66. The van der Waals surface area contributed by atoms with Crippen molar-refractivity contribution in [3.63, 3.8) is 0 Å². The molecule has 1 unspecified atom stereocenters. The Morgan fingerprint density at radius 1 is 0.966 bits per heavy atom. The summed E-state index contributed by atoms with van der Waals surface area (Å²) < 4.78 is 0. The monoisotopic (exact) mass is 411 g/mol. The third-order valence-electron chi connectivity index (χ3n) is 6.13. The molecule has 4 rings (SSSR count). The van der Waals surface area contributed by atoms with E-state index < -0.39 is 0 Å². The first-order chi connectivity index (χ1) is 14.0. The van der Waals surface area contributed by atoms with Gasteiger partial charge in [-0.2, -0.15) is 0 Å². The molecule has 0 spiro atoms. The summed E-state index contributed by atoms with van der Waals surface area (Å²) in [5, 5.41) is 0.538. The Labute approximate surface area is 176 Å². The van der Waals surface area contributed by atoms with E-state index in [-0.39, 0.29) is 24.2 Å². The zero-order valence-electron chi connectivity index (χ0n) is 16.9. The van der Waals surface area contributed by atoms with Gasteiger partial charge in [0.1, 0.15) is 0 Å². The first kappa shape index (κ1) is 19.8. The molecule has 2 amide bonds. The summed E-state index contributed by atoms with van der Waals surface area (Å²) in [4.78, 5) is 31.5. The van der Waals surface area contributed by atoms with Crippen molar-refractivity contribution in [2.24, 2.45) is 5.92 Å². The molecule has 2 aromatic carbocycles. The molecular weight excluding hydrogens is 386 g/mol. The molecule has 2 aromatic rings. The highest BCUT2D eigenvalue weighted by atomic mass is 35.5. The summed E-state index contributed by atoms with van der Waals surface area (Å²) in [5.41, 5.74) is 4.52. The molecule has 0 radical (unpaired) electrons. The second-order valence-corrected chi connectivity index (χ2v) is 8.30. The first-order valence-corrected chi connectivity index (χ1v) is 10.5. The van der Waals surface area contributed by atoms with Crippen LogP contribution in [0.2, 0.25) is 5.02 Å². The number of hydrogen-bond acceptors (Lipinski definition) is 3. The van der Waals surface area contributed by atoms with Gasteiger partial charge in [0.25, 0.3) is 0 Å². The number of para-hydroxylation sites is 1. The number of anilines is 2. The minimum absolute atomic E-state index is 0.0366. The minimum Gasteiger partial charge on any atom is -0.368 e. The maximum Gasteiger partial charge on any atom is 0.228 e. The smallest absolute Gasteiger partial charge is 0.228 e. The lowest BCUT2D eigenvalue weighted by molar-refractivity contribution is -0.136. The number of aryl methyl sites for hydroxylation is 1. The summed E-state index contributed by atoms with van der Waals surface area (Å²) in [6, 6.07) is 13.7. The molecule has 0 bridgehead atoms. The molecule has 5 nitrogen and oxygen atoms in total. The summed E-state index contributed by atoms with van der Waals surface area (Å²) in [6.07, 6.45) is 0.251. The lowest BCUT2D eigenvalue weighted by Gasteiger charge is -2.38. The van der Waals surface area contributed by atoms with Crippen LogP contribution in [0.4, 0.5) is 11.4 Å². The number of hydrogen-bond donors (Lipinski definition) is 0. The van der Waals surface area contributed by atoms with Crippen LogP contribution >= 0.6 is 11.6 Å². The van der Waals surface area contributed by atoms with Crippen molar-refractivity contribution < 1.29 is 9.59 Å². The van der Waals surface area contributed by atoms with E-state index in [1.54, 1.807) is 11.0 Å². The fourth-order valence-corrected chi connectivity index (χ4v) is 4.52. The van der Waals surface area contributed by atoms with Crippen molar-refractivity contribution in [2.75, 3.05) is 42.5 Å². The molecule has 2 saturated heterocycles. The van der Waals surface area contributed by atoms with Crippen LogP contribution in [-0.2, 0) is 9.59 Å². The van der Waals surface area contributed by atoms with Crippen molar-refractivity contribution in [1.29, 1.82) is 0 Å². The second kappa shape index (κ2) is 8.07. The Hall–Kier alpha value is -2.53. The number of rotatable bonds is 3. The molecular formula is C23H26ClN3O2. The van der Waals surface area contributed by atoms with E-state index >= 15 is 0 Å². The highest BCUT2D eigenvalue weighted by Crippen LogP contribution is 2.32. The van der Waals surface area contributed by atoms with Gasteiger partial charge >= 0.3 is 0 Å². The van der Waals surface area contributed by atoms with E-state index in [1.165, 1.54) is 16.8 Å². The maximum absolute atomic E-state index is 13.1. The number of amides is 2. The second-order valence-electron chi connectivity index (χ2n) is 7.89. The number of carbonyl (C=O) groups is 2. The fourth-order valence-electron chi connectivity index (χ4n) is 4.28. The largest absolute Gasteiger partial charge is 0.368 e. The number of nitrogens with zero attached hydrogens (tertiary/aromatic N) is 3. The van der Waals surface area contributed by atoms with Crippen molar-refractivity contribution in [1.82, 2.24) is 4.90 Å². The lowest BCUT2D eigenvalue weighted by Crippen LogP contribution is -2.51. The summed E-state index contributed by atoms with van der Waals surface area (Å²) in [5.74, 6) is -0.259. The van der Waals surface area contributed by atoms with Gasteiger partial charge in [-0.25, -0.2) is 0 Å². The average molecular weight is 412 g/mol. The van der Waals surface area contributed by atoms with Crippen molar-refractivity contribution in [2.45, 2.75) is 20.3 Å². The normalized spacial score (nSPS) is 19.8. The van der Waals surface area contributed by atoms with Crippen LogP contribution in [0.15, 0.2) is 42.5 Å². The van der Waals surface area contributed by atoms with Crippen LogP contribution < -0.4 is 9.80 Å². The van der Waals surface area contributed by atoms with Gasteiger partial charge in [0, 0.05) is 44.8 Å². The molecule has 2 aliphatic heterocycles. The first-order valence-electron chi connectivity index (χ1n) is 10.1. The van der Waals surface area contributed by atoms with Gasteiger partial charge in [0.2, 0.25) is 11.8 Å². The van der Waals surface area contributed by atoms with Crippen LogP contribution in [0.1, 0.15) is 17.5 Å². The van der Waals surface area contributed by atoms with Crippen molar-refractivity contribution in [3.05, 3.63) is 58.6 Å². The Bertz CT molecular complexity index is 937. The standard InChI is InChI=1S/C23H26ClN3O2/c1-16-6-5-9-20(17(16)2)25-10-12-26(13-11-25)23(29)18-14-22(28)27(15-18)21-8-4-3-7-19(21)24/h3-9,18H,10-15H2,1-2H3. The van der Waals surface area contributed by atoms with Gasteiger partial charge in [0.15, 0.2) is 0 Å². The minimum atomic E-state index is -0.300. The molecule has 2 aliphatic rings. The lowest BCUT2D eigenvalue weighted by atomic mass is 10.1.